The number of hydrogen-bond donors (Lipinski definition) is 2. The number of hydrogen-bond acceptors (Lipinski definition) is 2. The van der Waals surface area contributed by atoms with Crippen molar-refractivity contribution < 1.29 is 19.1 Å². The molecule has 6 heteroatoms. The third-order valence-electron chi connectivity index (χ3n) is 5.16. The van der Waals surface area contributed by atoms with E-state index in [1.807, 2.05) is 13.0 Å². The van der Waals surface area contributed by atoms with E-state index in [0.29, 0.717) is 19.5 Å². The molecule has 0 aromatic heterocycles. The van der Waals surface area contributed by atoms with Crippen LogP contribution in [0, 0.1) is 17.7 Å². The standard InChI is InChI=1S/C18H23FN2O3/c1-12-7-13(16(22)23)10-21(9-12)17(24)20-11-18(5-6-18)14-3-2-4-15(19)8-14/h2-4,8,12-13H,5-7,9-11H2,1H3,(H,20,24)(H,22,23). The van der Waals surface area contributed by atoms with Crippen LogP contribution in [-0.4, -0.2) is 41.6 Å². The van der Waals surface area contributed by atoms with Gasteiger partial charge in [-0.05, 0) is 42.9 Å². The van der Waals surface area contributed by atoms with E-state index in [4.69, 9.17) is 0 Å². The van der Waals surface area contributed by atoms with E-state index >= 15 is 0 Å². The van der Waals surface area contributed by atoms with E-state index in [1.54, 1.807) is 11.0 Å². The molecule has 3 rings (SSSR count). The van der Waals surface area contributed by atoms with Gasteiger partial charge < -0.3 is 15.3 Å². The van der Waals surface area contributed by atoms with Crippen molar-refractivity contribution in [3.05, 3.63) is 35.6 Å². The molecule has 1 saturated carbocycles. The highest BCUT2D eigenvalue weighted by Crippen LogP contribution is 2.47. The highest BCUT2D eigenvalue weighted by Gasteiger charge is 2.45. The Morgan fingerprint density at radius 2 is 2.12 bits per heavy atom. The summed E-state index contributed by atoms with van der Waals surface area (Å²) in [5.74, 6) is -1.45. The highest BCUT2D eigenvalue weighted by molar-refractivity contribution is 5.76. The number of nitrogens with one attached hydrogen (secondary N) is 1. The summed E-state index contributed by atoms with van der Waals surface area (Å²) in [5.41, 5.74) is 0.740. The van der Waals surface area contributed by atoms with Gasteiger partial charge in [0.2, 0.25) is 0 Å². The fourth-order valence-electron chi connectivity index (χ4n) is 3.59. The first-order chi connectivity index (χ1) is 11.4. The number of likely N-dealkylation sites (tertiary alicyclic amines) is 1. The normalized spacial score (nSPS) is 25.2. The molecule has 1 aliphatic carbocycles. The largest absolute Gasteiger partial charge is 0.481 e. The van der Waals surface area contributed by atoms with Crippen molar-refractivity contribution in [3.63, 3.8) is 0 Å². The van der Waals surface area contributed by atoms with Crippen LogP contribution in [0.25, 0.3) is 0 Å². The molecule has 1 aromatic carbocycles. The van der Waals surface area contributed by atoms with Gasteiger partial charge in [0.25, 0.3) is 0 Å². The summed E-state index contributed by atoms with van der Waals surface area (Å²) in [6.07, 6.45) is 2.45. The van der Waals surface area contributed by atoms with Gasteiger partial charge in [0.1, 0.15) is 5.82 Å². The van der Waals surface area contributed by atoms with Gasteiger partial charge >= 0.3 is 12.0 Å². The average molecular weight is 334 g/mol. The van der Waals surface area contributed by atoms with Crippen LogP contribution in [0.15, 0.2) is 24.3 Å². The Labute approximate surface area is 140 Å². The number of amides is 2. The van der Waals surface area contributed by atoms with Crippen molar-refractivity contribution in [2.24, 2.45) is 11.8 Å². The molecule has 2 amide bonds. The first-order valence-electron chi connectivity index (χ1n) is 8.41. The first-order valence-corrected chi connectivity index (χ1v) is 8.41. The Morgan fingerprint density at radius 1 is 1.38 bits per heavy atom. The maximum absolute atomic E-state index is 13.4. The lowest BCUT2D eigenvalue weighted by atomic mass is 9.91. The van der Waals surface area contributed by atoms with E-state index in [9.17, 15) is 19.1 Å². The second-order valence-corrected chi connectivity index (χ2v) is 7.23. The molecular weight excluding hydrogens is 311 g/mol. The molecule has 1 saturated heterocycles. The third-order valence-corrected chi connectivity index (χ3v) is 5.16. The van der Waals surface area contributed by atoms with Crippen molar-refractivity contribution >= 4 is 12.0 Å². The molecule has 1 heterocycles. The van der Waals surface area contributed by atoms with Crippen LogP contribution in [0.1, 0.15) is 31.7 Å². The summed E-state index contributed by atoms with van der Waals surface area (Å²) < 4.78 is 13.4. The fourth-order valence-corrected chi connectivity index (χ4v) is 3.59. The number of carbonyl (C=O) groups excluding carboxylic acids is 1. The molecule has 5 nitrogen and oxygen atoms in total. The molecule has 1 aliphatic heterocycles. The van der Waals surface area contributed by atoms with Crippen molar-refractivity contribution in [2.45, 2.75) is 31.6 Å². The molecular formula is C18H23FN2O3. The predicted molar refractivity (Wildman–Crippen MR) is 87.2 cm³/mol. The molecule has 2 atom stereocenters. The summed E-state index contributed by atoms with van der Waals surface area (Å²) in [7, 11) is 0. The van der Waals surface area contributed by atoms with E-state index in [0.717, 1.165) is 18.4 Å². The number of piperidine rings is 1. The lowest BCUT2D eigenvalue weighted by molar-refractivity contribution is -0.143. The van der Waals surface area contributed by atoms with Crippen LogP contribution < -0.4 is 5.32 Å². The van der Waals surface area contributed by atoms with Gasteiger partial charge in [-0.3, -0.25) is 4.79 Å². The summed E-state index contributed by atoms with van der Waals surface area (Å²) >= 11 is 0. The first kappa shape index (κ1) is 16.7. The number of rotatable bonds is 4. The quantitative estimate of drug-likeness (QED) is 0.889. The Hall–Kier alpha value is -2.11. The van der Waals surface area contributed by atoms with Gasteiger partial charge in [0, 0.05) is 25.0 Å². The van der Waals surface area contributed by atoms with Crippen LogP contribution in [-0.2, 0) is 10.2 Å². The minimum absolute atomic E-state index is 0.170. The SMILES string of the molecule is CC1CC(C(=O)O)CN(C(=O)NCC2(c3cccc(F)c3)CC2)C1. The summed E-state index contributed by atoms with van der Waals surface area (Å²) in [6, 6.07) is 6.31. The number of benzene rings is 1. The molecule has 24 heavy (non-hydrogen) atoms. The Kier molecular flexibility index (Phi) is 4.47. The van der Waals surface area contributed by atoms with E-state index < -0.39 is 11.9 Å². The molecule has 2 unspecified atom stereocenters. The molecule has 0 bridgehead atoms. The zero-order valence-electron chi connectivity index (χ0n) is 13.8. The number of halogens is 1. The molecule has 0 spiro atoms. The minimum Gasteiger partial charge on any atom is -0.481 e. The minimum atomic E-state index is -0.849. The van der Waals surface area contributed by atoms with E-state index in [-0.39, 0.29) is 29.7 Å². The molecule has 2 N–H and O–H groups in total. The zero-order chi connectivity index (χ0) is 17.3. The van der Waals surface area contributed by atoms with Crippen LogP contribution >= 0.6 is 0 Å². The monoisotopic (exact) mass is 334 g/mol. The van der Waals surface area contributed by atoms with Gasteiger partial charge in [0.05, 0.1) is 5.92 Å². The van der Waals surface area contributed by atoms with Crippen molar-refractivity contribution in [3.8, 4) is 0 Å². The lowest BCUT2D eigenvalue weighted by Crippen LogP contribution is -2.50. The maximum Gasteiger partial charge on any atom is 0.317 e. The number of nitrogens with zero attached hydrogens (tertiary/aromatic N) is 1. The third kappa shape index (κ3) is 3.52. The van der Waals surface area contributed by atoms with E-state index in [1.165, 1.54) is 12.1 Å². The van der Waals surface area contributed by atoms with Crippen LogP contribution in [0.5, 0.6) is 0 Å². The summed E-state index contributed by atoms with van der Waals surface area (Å²) in [6.45, 7) is 3.24. The smallest absolute Gasteiger partial charge is 0.317 e. The maximum atomic E-state index is 13.4. The van der Waals surface area contributed by atoms with E-state index in [2.05, 4.69) is 5.32 Å². The van der Waals surface area contributed by atoms with Crippen molar-refractivity contribution in [2.75, 3.05) is 19.6 Å². The zero-order valence-corrected chi connectivity index (χ0v) is 13.8. The predicted octanol–water partition coefficient (Wildman–Crippen LogP) is 2.61. The van der Waals surface area contributed by atoms with Gasteiger partial charge in [-0.1, -0.05) is 19.1 Å². The van der Waals surface area contributed by atoms with Gasteiger partial charge in [-0.25, -0.2) is 9.18 Å². The Morgan fingerprint density at radius 3 is 2.75 bits per heavy atom. The number of carbonyl (C=O) groups is 2. The van der Waals surface area contributed by atoms with Crippen LogP contribution in [0.4, 0.5) is 9.18 Å². The molecule has 0 radical (unpaired) electrons. The average Bonchev–Trinajstić information content (AvgIpc) is 3.33. The number of urea groups is 1. The van der Waals surface area contributed by atoms with Gasteiger partial charge in [-0.15, -0.1) is 0 Å². The summed E-state index contributed by atoms with van der Waals surface area (Å²) in [5, 5.41) is 12.1. The highest BCUT2D eigenvalue weighted by atomic mass is 19.1. The number of carboxylic acids is 1. The number of aliphatic carboxylic acids is 1. The second kappa shape index (κ2) is 6.42. The lowest BCUT2D eigenvalue weighted by Gasteiger charge is -2.35. The molecule has 2 aliphatic rings. The topological polar surface area (TPSA) is 69.6 Å². The Bertz CT molecular complexity index is 645. The van der Waals surface area contributed by atoms with Gasteiger partial charge in [0.15, 0.2) is 0 Å². The summed E-state index contributed by atoms with van der Waals surface area (Å²) in [4.78, 5) is 25.2. The molecule has 2 fully saturated rings. The van der Waals surface area contributed by atoms with Crippen LogP contribution in [0.3, 0.4) is 0 Å². The van der Waals surface area contributed by atoms with Crippen LogP contribution in [0.2, 0.25) is 0 Å². The Balaban J connectivity index is 1.60. The number of carboxylic acid groups (broad SMARTS) is 1. The van der Waals surface area contributed by atoms with Gasteiger partial charge in [-0.2, -0.15) is 0 Å². The molecule has 1 aromatic rings. The van der Waals surface area contributed by atoms with Crippen molar-refractivity contribution in [1.82, 2.24) is 10.2 Å². The molecule has 130 valence electrons. The fraction of sp³-hybridized carbons (Fsp3) is 0.556. The van der Waals surface area contributed by atoms with Crippen molar-refractivity contribution in [1.29, 1.82) is 0 Å². The second-order valence-electron chi connectivity index (χ2n) is 7.23.